The maximum Gasteiger partial charge on any atom is 0.0805 e. The molecule has 0 saturated heterocycles. The predicted octanol–water partition coefficient (Wildman–Crippen LogP) is 3.14. The second kappa shape index (κ2) is 5.17. The van der Waals surface area contributed by atoms with Gasteiger partial charge in [0.1, 0.15) is 0 Å². The molecule has 3 heteroatoms. The van der Waals surface area contributed by atoms with Crippen molar-refractivity contribution in [3.63, 3.8) is 0 Å². The summed E-state index contributed by atoms with van der Waals surface area (Å²) in [6.07, 6.45) is 0.0389. The van der Waals surface area contributed by atoms with Gasteiger partial charge in [-0.25, -0.2) is 0 Å². The number of nitrogens with two attached hydrogens (primary N) is 1. The van der Waals surface area contributed by atoms with Crippen LogP contribution in [0.4, 0.5) is 0 Å². The summed E-state index contributed by atoms with van der Waals surface area (Å²) in [6, 6.07) is 7.20. The van der Waals surface area contributed by atoms with Crippen LogP contribution >= 0.6 is 11.6 Å². The van der Waals surface area contributed by atoms with Gasteiger partial charge in [-0.1, -0.05) is 44.5 Å². The molecule has 2 atom stereocenters. The van der Waals surface area contributed by atoms with Crippen LogP contribution in [0.25, 0.3) is 0 Å². The highest BCUT2D eigenvalue weighted by atomic mass is 35.5. The standard InChI is InChI=1S/C13H20ClNO/c1-13(2,3)12(15)8-11(16)9-4-6-10(14)7-5-9/h4-7,11-12,16H,8,15H2,1-3H3/t11-,12+/m1/s1. The Bertz CT molecular complexity index is 329. The van der Waals surface area contributed by atoms with Gasteiger partial charge in [0.25, 0.3) is 0 Å². The first-order valence-corrected chi connectivity index (χ1v) is 5.87. The number of aliphatic hydroxyl groups excluding tert-OH is 1. The molecule has 1 aromatic carbocycles. The highest BCUT2D eigenvalue weighted by Gasteiger charge is 2.23. The Morgan fingerprint density at radius 2 is 1.75 bits per heavy atom. The van der Waals surface area contributed by atoms with Crippen LogP contribution in [0.2, 0.25) is 5.02 Å². The fraction of sp³-hybridized carbons (Fsp3) is 0.538. The minimum atomic E-state index is -0.522. The van der Waals surface area contributed by atoms with Gasteiger partial charge < -0.3 is 10.8 Å². The van der Waals surface area contributed by atoms with Gasteiger partial charge in [0.05, 0.1) is 6.10 Å². The van der Waals surface area contributed by atoms with Gasteiger partial charge in [-0.2, -0.15) is 0 Å². The number of halogens is 1. The third kappa shape index (κ3) is 3.78. The molecule has 0 fully saturated rings. The number of hydrogen-bond acceptors (Lipinski definition) is 2. The molecule has 0 aliphatic rings. The average Bonchev–Trinajstić information content (AvgIpc) is 2.17. The van der Waals surface area contributed by atoms with E-state index in [9.17, 15) is 5.11 Å². The Morgan fingerprint density at radius 3 is 2.19 bits per heavy atom. The van der Waals surface area contributed by atoms with E-state index >= 15 is 0 Å². The minimum Gasteiger partial charge on any atom is -0.388 e. The van der Waals surface area contributed by atoms with Crippen LogP contribution in [0.15, 0.2) is 24.3 Å². The van der Waals surface area contributed by atoms with E-state index < -0.39 is 6.10 Å². The summed E-state index contributed by atoms with van der Waals surface area (Å²) >= 11 is 5.79. The SMILES string of the molecule is CC(C)(C)[C@@H](N)C[C@@H](O)c1ccc(Cl)cc1. The highest BCUT2D eigenvalue weighted by Crippen LogP contribution is 2.27. The summed E-state index contributed by atoms with van der Waals surface area (Å²) in [6.45, 7) is 6.23. The van der Waals surface area contributed by atoms with Crippen LogP contribution in [-0.2, 0) is 0 Å². The molecule has 2 nitrogen and oxygen atoms in total. The normalized spacial score (nSPS) is 15.9. The van der Waals surface area contributed by atoms with Crippen LogP contribution < -0.4 is 5.73 Å². The molecule has 90 valence electrons. The molecule has 1 rings (SSSR count). The van der Waals surface area contributed by atoms with Crippen LogP contribution in [-0.4, -0.2) is 11.1 Å². The maximum absolute atomic E-state index is 10.0. The fourth-order valence-corrected chi connectivity index (χ4v) is 1.54. The van der Waals surface area contributed by atoms with Crippen molar-refractivity contribution in [2.75, 3.05) is 0 Å². The van der Waals surface area contributed by atoms with Crippen molar-refractivity contribution < 1.29 is 5.11 Å². The second-order valence-corrected chi connectivity index (χ2v) is 5.71. The van der Waals surface area contributed by atoms with Crippen LogP contribution in [0.5, 0.6) is 0 Å². The molecular formula is C13H20ClNO. The van der Waals surface area contributed by atoms with Crippen molar-refractivity contribution in [3.8, 4) is 0 Å². The zero-order valence-electron chi connectivity index (χ0n) is 10.1. The Balaban J connectivity index is 2.65. The largest absolute Gasteiger partial charge is 0.388 e. The van der Waals surface area contributed by atoms with E-state index in [-0.39, 0.29) is 11.5 Å². The Kier molecular flexibility index (Phi) is 4.36. The molecule has 0 aromatic heterocycles. The van der Waals surface area contributed by atoms with Gasteiger partial charge in [-0.3, -0.25) is 0 Å². The van der Waals surface area contributed by atoms with E-state index in [2.05, 4.69) is 20.8 Å². The first-order valence-electron chi connectivity index (χ1n) is 5.50. The lowest BCUT2D eigenvalue weighted by Gasteiger charge is -2.29. The van der Waals surface area contributed by atoms with Gasteiger partial charge in [0.2, 0.25) is 0 Å². The Labute approximate surface area is 102 Å². The van der Waals surface area contributed by atoms with Crippen molar-refractivity contribution in [2.24, 2.45) is 11.1 Å². The number of rotatable bonds is 3. The number of benzene rings is 1. The topological polar surface area (TPSA) is 46.2 Å². The molecule has 0 saturated carbocycles. The van der Waals surface area contributed by atoms with E-state index in [4.69, 9.17) is 17.3 Å². The smallest absolute Gasteiger partial charge is 0.0805 e. The number of hydrogen-bond donors (Lipinski definition) is 2. The van der Waals surface area contributed by atoms with Crippen LogP contribution in [0, 0.1) is 5.41 Å². The summed E-state index contributed by atoms with van der Waals surface area (Å²) in [5, 5.41) is 10.7. The predicted molar refractivity (Wildman–Crippen MR) is 68.5 cm³/mol. The fourth-order valence-electron chi connectivity index (χ4n) is 1.42. The lowest BCUT2D eigenvalue weighted by molar-refractivity contribution is 0.133. The second-order valence-electron chi connectivity index (χ2n) is 5.28. The van der Waals surface area contributed by atoms with E-state index in [1.165, 1.54) is 0 Å². The zero-order valence-corrected chi connectivity index (χ0v) is 10.8. The summed E-state index contributed by atoms with van der Waals surface area (Å²) in [5.41, 5.74) is 6.91. The summed E-state index contributed by atoms with van der Waals surface area (Å²) in [5.74, 6) is 0. The average molecular weight is 242 g/mol. The minimum absolute atomic E-state index is 0.00735. The molecule has 0 spiro atoms. The molecule has 16 heavy (non-hydrogen) atoms. The van der Waals surface area contributed by atoms with E-state index in [0.29, 0.717) is 11.4 Å². The zero-order chi connectivity index (χ0) is 12.3. The van der Waals surface area contributed by atoms with E-state index in [1.807, 2.05) is 12.1 Å². The molecule has 0 bridgehead atoms. The first kappa shape index (κ1) is 13.5. The van der Waals surface area contributed by atoms with Crippen LogP contribution in [0.3, 0.4) is 0 Å². The highest BCUT2D eigenvalue weighted by molar-refractivity contribution is 6.30. The van der Waals surface area contributed by atoms with E-state index in [1.54, 1.807) is 12.1 Å². The van der Waals surface area contributed by atoms with Gasteiger partial charge in [0.15, 0.2) is 0 Å². The van der Waals surface area contributed by atoms with Crippen molar-refractivity contribution in [1.29, 1.82) is 0 Å². The quantitative estimate of drug-likeness (QED) is 0.854. The first-order chi connectivity index (χ1) is 7.30. The monoisotopic (exact) mass is 241 g/mol. The molecule has 3 N–H and O–H groups in total. The van der Waals surface area contributed by atoms with Gasteiger partial charge in [0, 0.05) is 11.1 Å². The third-order valence-corrected chi connectivity index (χ3v) is 3.10. The summed E-state index contributed by atoms with van der Waals surface area (Å²) < 4.78 is 0. The van der Waals surface area contributed by atoms with Crippen LogP contribution in [0.1, 0.15) is 38.9 Å². The van der Waals surface area contributed by atoms with Crippen molar-refractivity contribution in [2.45, 2.75) is 39.3 Å². The lowest BCUT2D eigenvalue weighted by Crippen LogP contribution is -2.36. The van der Waals surface area contributed by atoms with Crippen molar-refractivity contribution in [3.05, 3.63) is 34.9 Å². The van der Waals surface area contributed by atoms with Crippen molar-refractivity contribution >= 4 is 11.6 Å². The van der Waals surface area contributed by atoms with Gasteiger partial charge >= 0.3 is 0 Å². The molecule has 1 aromatic rings. The van der Waals surface area contributed by atoms with Gasteiger partial charge in [-0.05, 0) is 29.5 Å². The molecular weight excluding hydrogens is 222 g/mol. The number of aliphatic hydroxyl groups is 1. The molecule has 0 radical (unpaired) electrons. The lowest BCUT2D eigenvalue weighted by atomic mass is 9.83. The molecule has 0 unspecified atom stereocenters. The van der Waals surface area contributed by atoms with Gasteiger partial charge in [-0.15, -0.1) is 0 Å². The molecule has 0 amide bonds. The molecule has 0 heterocycles. The van der Waals surface area contributed by atoms with E-state index in [0.717, 1.165) is 5.56 Å². The third-order valence-electron chi connectivity index (χ3n) is 2.84. The summed E-state index contributed by atoms with van der Waals surface area (Å²) in [7, 11) is 0. The summed E-state index contributed by atoms with van der Waals surface area (Å²) in [4.78, 5) is 0. The Hall–Kier alpha value is -0.570. The molecule has 0 aliphatic heterocycles. The Morgan fingerprint density at radius 1 is 1.25 bits per heavy atom. The van der Waals surface area contributed by atoms with Crippen molar-refractivity contribution in [1.82, 2.24) is 0 Å². The molecule has 0 aliphatic carbocycles. The maximum atomic E-state index is 10.0.